The van der Waals surface area contributed by atoms with Crippen molar-refractivity contribution < 1.29 is 22.7 Å². The van der Waals surface area contributed by atoms with Gasteiger partial charge in [-0.2, -0.15) is 18.3 Å². The average molecular weight is 398 g/mol. The summed E-state index contributed by atoms with van der Waals surface area (Å²) in [5.41, 5.74) is -1.30. The van der Waals surface area contributed by atoms with E-state index in [1.807, 2.05) is 0 Å². The molecule has 8 nitrogen and oxygen atoms in total. The first-order chi connectivity index (χ1) is 12.8. The topological polar surface area (TPSA) is 94.8 Å². The van der Waals surface area contributed by atoms with Crippen molar-refractivity contribution in [2.45, 2.75) is 19.6 Å². The van der Waals surface area contributed by atoms with Gasteiger partial charge in [0.05, 0.1) is 36.1 Å². The summed E-state index contributed by atoms with van der Waals surface area (Å²) < 4.78 is 46.1. The van der Waals surface area contributed by atoms with Crippen molar-refractivity contribution in [1.82, 2.24) is 30.3 Å². The molecule has 1 amide bonds. The lowest BCUT2D eigenvalue weighted by molar-refractivity contribution is -0.143. The van der Waals surface area contributed by atoms with Gasteiger partial charge in [-0.3, -0.25) is 4.79 Å². The van der Waals surface area contributed by atoms with E-state index < -0.39 is 23.3 Å². The van der Waals surface area contributed by atoms with E-state index in [2.05, 4.69) is 25.6 Å². The second-order valence-corrected chi connectivity index (χ2v) is 6.35. The molecule has 1 N–H and O–H groups in total. The molecule has 0 spiro atoms. The molecule has 12 heteroatoms. The fourth-order valence-corrected chi connectivity index (χ4v) is 2.86. The molecule has 0 bridgehead atoms. The fraction of sp³-hybridized carbons (Fsp3) is 0.267. The molecule has 3 aromatic rings. The van der Waals surface area contributed by atoms with Crippen LogP contribution < -0.4 is 10.1 Å². The van der Waals surface area contributed by atoms with Gasteiger partial charge in [0, 0.05) is 11.4 Å². The molecular formula is C15H13F3N6O2S. The van der Waals surface area contributed by atoms with Gasteiger partial charge in [-0.15, -0.1) is 21.5 Å². The predicted octanol–water partition coefficient (Wildman–Crippen LogP) is 2.38. The zero-order chi connectivity index (χ0) is 19.6. The Bertz CT molecular complexity index is 951. The van der Waals surface area contributed by atoms with Crippen LogP contribution in [0.4, 0.5) is 13.2 Å². The third-order valence-electron chi connectivity index (χ3n) is 3.43. The minimum atomic E-state index is -4.83. The van der Waals surface area contributed by atoms with Gasteiger partial charge in [0.25, 0.3) is 5.91 Å². The van der Waals surface area contributed by atoms with Crippen LogP contribution in [0.15, 0.2) is 23.7 Å². The molecule has 27 heavy (non-hydrogen) atoms. The zero-order valence-corrected chi connectivity index (χ0v) is 14.9. The second kappa shape index (κ2) is 7.31. The Morgan fingerprint density at radius 2 is 2.11 bits per heavy atom. The standard InChI is InChI=1S/C15H13F3N6O2S/c1-8-21-9(7-27-8)5-19-14(25)10-6-20-24(13(10)15(16,17)18)11-3-4-12(26-2)23-22-11/h3-4,6-7H,5H2,1-2H3,(H,19,25). The molecule has 0 aromatic carbocycles. The first-order valence-corrected chi connectivity index (χ1v) is 8.40. The molecule has 0 radical (unpaired) electrons. The molecule has 0 atom stereocenters. The molecule has 0 saturated heterocycles. The van der Waals surface area contributed by atoms with E-state index in [-0.39, 0.29) is 18.2 Å². The average Bonchev–Trinajstić information content (AvgIpc) is 3.26. The maximum absolute atomic E-state index is 13.6. The number of hydrogen-bond acceptors (Lipinski definition) is 7. The second-order valence-electron chi connectivity index (χ2n) is 5.29. The van der Waals surface area contributed by atoms with E-state index in [0.717, 1.165) is 11.2 Å². The maximum atomic E-state index is 13.6. The lowest BCUT2D eigenvalue weighted by atomic mass is 10.2. The van der Waals surface area contributed by atoms with Gasteiger partial charge in [-0.05, 0) is 13.0 Å². The summed E-state index contributed by atoms with van der Waals surface area (Å²) in [6.07, 6.45) is -3.99. The van der Waals surface area contributed by atoms with Crippen LogP contribution in [0, 0.1) is 6.92 Å². The molecule has 3 rings (SSSR count). The largest absolute Gasteiger partial charge is 0.480 e. The van der Waals surface area contributed by atoms with Crippen molar-refractivity contribution in [3.63, 3.8) is 0 Å². The zero-order valence-electron chi connectivity index (χ0n) is 14.1. The monoisotopic (exact) mass is 398 g/mol. The number of carbonyl (C=O) groups is 1. The van der Waals surface area contributed by atoms with Gasteiger partial charge in [-0.25, -0.2) is 9.67 Å². The number of aryl methyl sites for hydroxylation is 1. The quantitative estimate of drug-likeness (QED) is 0.709. The number of hydrogen-bond donors (Lipinski definition) is 1. The SMILES string of the molecule is COc1ccc(-n2ncc(C(=O)NCc3csc(C)n3)c2C(F)(F)F)nn1. The fourth-order valence-electron chi connectivity index (χ4n) is 2.25. The van der Waals surface area contributed by atoms with Crippen LogP contribution in [0.5, 0.6) is 5.88 Å². The van der Waals surface area contributed by atoms with Crippen molar-refractivity contribution in [1.29, 1.82) is 0 Å². The third-order valence-corrected chi connectivity index (χ3v) is 4.25. The normalized spacial score (nSPS) is 11.4. The number of nitrogens with zero attached hydrogens (tertiary/aromatic N) is 5. The highest BCUT2D eigenvalue weighted by Crippen LogP contribution is 2.33. The van der Waals surface area contributed by atoms with Crippen molar-refractivity contribution in [3.8, 4) is 11.7 Å². The number of nitrogens with one attached hydrogen (secondary N) is 1. The molecule has 0 fully saturated rings. The van der Waals surface area contributed by atoms with Crippen LogP contribution in [0.25, 0.3) is 5.82 Å². The summed E-state index contributed by atoms with van der Waals surface area (Å²) in [5, 5.41) is 15.9. The first kappa shape index (κ1) is 18.8. The summed E-state index contributed by atoms with van der Waals surface area (Å²) in [7, 11) is 1.35. The van der Waals surface area contributed by atoms with Gasteiger partial charge in [-0.1, -0.05) is 0 Å². The minimum absolute atomic E-state index is 0.00793. The number of amides is 1. The Morgan fingerprint density at radius 1 is 1.33 bits per heavy atom. The number of thiazole rings is 1. The molecule has 0 aliphatic carbocycles. The van der Waals surface area contributed by atoms with Crippen LogP contribution in [-0.4, -0.2) is 38.0 Å². The predicted molar refractivity (Wildman–Crippen MR) is 88.7 cm³/mol. The van der Waals surface area contributed by atoms with Crippen LogP contribution in [0.1, 0.15) is 26.8 Å². The Balaban J connectivity index is 1.90. The van der Waals surface area contributed by atoms with Crippen LogP contribution in [-0.2, 0) is 12.7 Å². The Morgan fingerprint density at radius 3 is 2.67 bits per heavy atom. The smallest absolute Gasteiger partial charge is 0.434 e. The molecule has 3 heterocycles. The van der Waals surface area contributed by atoms with Gasteiger partial charge in [0.1, 0.15) is 0 Å². The first-order valence-electron chi connectivity index (χ1n) is 7.52. The van der Waals surface area contributed by atoms with Crippen molar-refractivity contribution >= 4 is 17.2 Å². The Hall–Kier alpha value is -3.02. The number of alkyl halides is 3. The van der Waals surface area contributed by atoms with E-state index >= 15 is 0 Å². The number of halogens is 3. The van der Waals surface area contributed by atoms with Gasteiger partial charge in [0.15, 0.2) is 11.5 Å². The van der Waals surface area contributed by atoms with Crippen LogP contribution in [0.3, 0.4) is 0 Å². The van der Waals surface area contributed by atoms with Crippen molar-refractivity contribution in [2.75, 3.05) is 7.11 Å². The van der Waals surface area contributed by atoms with E-state index in [9.17, 15) is 18.0 Å². The number of carbonyl (C=O) groups excluding carboxylic acids is 1. The molecular weight excluding hydrogens is 385 g/mol. The summed E-state index contributed by atoms with van der Waals surface area (Å²) in [4.78, 5) is 16.4. The summed E-state index contributed by atoms with van der Waals surface area (Å²) in [5.74, 6) is -0.978. The molecule has 0 aliphatic heterocycles. The number of methoxy groups -OCH3 is 1. The lowest BCUT2D eigenvalue weighted by Gasteiger charge is -2.12. The maximum Gasteiger partial charge on any atom is 0.434 e. The Kier molecular flexibility index (Phi) is 5.08. The minimum Gasteiger partial charge on any atom is -0.480 e. The highest BCUT2D eigenvalue weighted by Gasteiger charge is 2.41. The molecule has 3 aromatic heterocycles. The van der Waals surface area contributed by atoms with E-state index in [4.69, 9.17) is 4.74 Å². The number of rotatable bonds is 5. The van der Waals surface area contributed by atoms with Gasteiger partial charge in [0.2, 0.25) is 5.88 Å². The van der Waals surface area contributed by atoms with Gasteiger partial charge < -0.3 is 10.1 Å². The molecule has 0 unspecified atom stereocenters. The van der Waals surface area contributed by atoms with Crippen molar-refractivity contribution in [2.24, 2.45) is 0 Å². The number of ether oxygens (including phenoxy) is 1. The third kappa shape index (κ3) is 4.05. The molecule has 0 saturated carbocycles. The summed E-state index contributed by atoms with van der Waals surface area (Å²) >= 11 is 1.38. The summed E-state index contributed by atoms with van der Waals surface area (Å²) in [6.45, 7) is 1.80. The van der Waals surface area contributed by atoms with Crippen LogP contribution >= 0.6 is 11.3 Å². The molecule has 142 valence electrons. The lowest BCUT2D eigenvalue weighted by Crippen LogP contribution is -2.26. The Labute approximate surface area is 155 Å². The van der Waals surface area contributed by atoms with Crippen molar-refractivity contribution in [3.05, 3.63) is 45.7 Å². The summed E-state index contributed by atoms with van der Waals surface area (Å²) in [6, 6.07) is 2.60. The molecule has 0 aliphatic rings. The van der Waals surface area contributed by atoms with E-state index in [0.29, 0.717) is 10.4 Å². The highest BCUT2D eigenvalue weighted by atomic mass is 32.1. The highest BCUT2D eigenvalue weighted by molar-refractivity contribution is 7.09. The number of aromatic nitrogens is 5. The van der Waals surface area contributed by atoms with Gasteiger partial charge >= 0.3 is 6.18 Å². The van der Waals surface area contributed by atoms with E-state index in [1.54, 1.807) is 12.3 Å². The van der Waals surface area contributed by atoms with Crippen LogP contribution in [0.2, 0.25) is 0 Å². The van der Waals surface area contributed by atoms with E-state index in [1.165, 1.54) is 30.6 Å².